The molecule has 0 radical (unpaired) electrons. The SMILES string of the molecule is CCNC(=NCC1CN(CC(C)C)CCO1)N(C)CC(=O)N(CC)CC.I. The zero-order valence-electron chi connectivity index (χ0n) is 18.0. The number of amides is 1. The highest BCUT2D eigenvalue weighted by molar-refractivity contribution is 14.0. The number of aliphatic imine (C=N–C) groups is 1. The van der Waals surface area contributed by atoms with Gasteiger partial charge >= 0.3 is 0 Å². The molecule has 1 unspecified atom stereocenters. The summed E-state index contributed by atoms with van der Waals surface area (Å²) in [5.74, 6) is 1.55. The topological polar surface area (TPSA) is 60.4 Å². The number of carbonyl (C=O) groups excluding carboxylic acids is 1. The number of ether oxygens (including phenoxy) is 1. The van der Waals surface area contributed by atoms with Gasteiger partial charge in [0.15, 0.2) is 5.96 Å². The molecule has 0 aromatic rings. The highest BCUT2D eigenvalue weighted by atomic mass is 127. The first-order valence-corrected chi connectivity index (χ1v) is 10.0. The summed E-state index contributed by atoms with van der Waals surface area (Å²) in [7, 11) is 1.91. The fraction of sp³-hybridized carbons (Fsp3) is 0.895. The fourth-order valence-electron chi connectivity index (χ4n) is 3.19. The second-order valence-electron chi connectivity index (χ2n) is 7.26. The molecule has 0 aromatic carbocycles. The largest absolute Gasteiger partial charge is 0.374 e. The molecular weight excluding hydrogens is 457 g/mol. The smallest absolute Gasteiger partial charge is 0.242 e. The fourth-order valence-corrected chi connectivity index (χ4v) is 3.19. The summed E-state index contributed by atoms with van der Waals surface area (Å²) >= 11 is 0. The maximum Gasteiger partial charge on any atom is 0.242 e. The van der Waals surface area contributed by atoms with E-state index in [9.17, 15) is 4.79 Å². The van der Waals surface area contributed by atoms with Crippen LogP contribution in [0.15, 0.2) is 4.99 Å². The highest BCUT2D eigenvalue weighted by Crippen LogP contribution is 2.08. The number of morpholine rings is 1. The van der Waals surface area contributed by atoms with E-state index in [1.165, 1.54) is 0 Å². The van der Waals surface area contributed by atoms with Gasteiger partial charge in [-0.15, -0.1) is 24.0 Å². The van der Waals surface area contributed by atoms with Crippen LogP contribution in [-0.2, 0) is 9.53 Å². The van der Waals surface area contributed by atoms with Crippen molar-refractivity contribution in [3.05, 3.63) is 0 Å². The van der Waals surface area contributed by atoms with Gasteiger partial charge in [-0.2, -0.15) is 0 Å². The Bertz CT molecular complexity index is 444. The lowest BCUT2D eigenvalue weighted by molar-refractivity contribution is -0.131. The van der Waals surface area contributed by atoms with Crippen LogP contribution in [0.4, 0.5) is 0 Å². The van der Waals surface area contributed by atoms with E-state index in [0.29, 0.717) is 19.0 Å². The summed E-state index contributed by atoms with van der Waals surface area (Å²) in [4.78, 5) is 23.3. The summed E-state index contributed by atoms with van der Waals surface area (Å²) in [6.07, 6.45) is 0.114. The second-order valence-corrected chi connectivity index (χ2v) is 7.26. The van der Waals surface area contributed by atoms with Gasteiger partial charge in [-0.05, 0) is 26.7 Å². The van der Waals surface area contributed by atoms with Crippen molar-refractivity contribution in [2.45, 2.75) is 40.7 Å². The van der Waals surface area contributed by atoms with Crippen molar-refractivity contribution in [3.8, 4) is 0 Å². The van der Waals surface area contributed by atoms with Crippen LogP contribution in [0, 0.1) is 5.92 Å². The lowest BCUT2D eigenvalue weighted by Gasteiger charge is -2.33. The molecule has 0 spiro atoms. The normalized spacial score (nSPS) is 18.2. The first-order valence-electron chi connectivity index (χ1n) is 10.0. The summed E-state index contributed by atoms with van der Waals surface area (Å²) < 4.78 is 5.88. The van der Waals surface area contributed by atoms with Crippen molar-refractivity contribution in [1.29, 1.82) is 0 Å². The number of hydrogen-bond acceptors (Lipinski definition) is 4. The molecule has 7 nitrogen and oxygen atoms in total. The van der Waals surface area contributed by atoms with Gasteiger partial charge in [0.25, 0.3) is 0 Å². The van der Waals surface area contributed by atoms with E-state index in [4.69, 9.17) is 9.73 Å². The Morgan fingerprint density at radius 2 is 1.96 bits per heavy atom. The predicted octanol–water partition coefficient (Wildman–Crippen LogP) is 1.73. The van der Waals surface area contributed by atoms with Crippen LogP contribution >= 0.6 is 24.0 Å². The number of nitrogens with zero attached hydrogens (tertiary/aromatic N) is 4. The zero-order chi connectivity index (χ0) is 19.5. The number of hydrogen-bond donors (Lipinski definition) is 1. The highest BCUT2D eigenvalue weighted by Gasteiger charge is 2.21. The van der Waals surface area contributed by atoms with E-state index in [1.54, 1.807) is 0 Å². The molecular formula is C19H40IN5O2. The third kappa shape index (κ3) is 9.94. The molecule has 8 heteroatoms. The minimum Gasteiger partial charge on any atom is -0.374 e. The molecule has 1 saturated heterocycles. The number of nitrogens with one attached hydrogen (secondary N) is 1. The lowest BCUT2D eigenvalue weighted by atomic mass is 10.2. The Hall–Kier alpha value is -0.610. The molecule has 0 aliphatic carbocycles. The Morgan fingerprint density at radius 1 is 1.30 bits per heavy atom. The maximum atomic E-state index is 12.3. The number of halogens is 1. The minimum atomic E-state index is 0. The van der Waals surface area contributed by atoms with Gasteiger partial charge in [-0.25, -0.2) is 0 Å². The van der Waals surface area contributed by atoms with Gasteiger partial charge in [0.1, 0.15) is 0 Å². The minimum absolute atomic E-state index is 0. The Morgan fingerprint density at radius 3 is 2.52 bits per heavy atom. The Labute approximate surface area is 182 Å². The number of likely N-dealkylation sites (N-methyl/N-ethyl adjacent to an activating group) is 2. The Kier molecular flexibility index (Phi) is 14.1. The number of carbonyl (C=O) groups is 1. The molecule has 1 N–H and O–H groups in total. The maximum absolute atomic E-state index is 12.3. The van der Waals surface area contributed by atoms with E-state index in [1.807, 2.05) is 37.6 Å². The molecule has 1 aliphatic heterocycles. The summed E-state index contributed by atoms with van der Waals surface area (Å²) in [6, 6.07) is 0. The Balaban J connectivity index is 0.00000676. The van der Waals surface area contributed by atoms with Gasteiger partial charge in [0.2, 0.25) is 5.91 Å². The molecule has 1 heterocycles. The van der Waals surface area contributed by atoms with E-state index in [2.05, 4.69) is 24.1 Å². The van der Waals surface area contributed by atoms with Crippen LogP contribution in [0.25, 0.3) is 0 Å². The second kappa shape index (κ2) is 14.4. The molecule has 1 fully saturated rings. The van der Waals surface area contributed by atoms with Gasteiger partial charge in [-0.1, -0.05) is 13.8 Å². The molecule has 1 aliphatic rings. The molecule has 1 rings (SSSR count). The van der Waals surface area contributed by atoms with Crippen LogP contribution in [0.1, 0.15) is 34.6 Å². The van der Waals surface area contributed by atoms with Gasteiger partial charge < -0.3 is 19.9 Å². The van der Waals surface area contributed by atoms with Crippen molar-refractivity contribution in [2.24, 2.45) is 10.9 Å². The molecule has 1 atom stereocenters. The average molecular weight is 497 g/mol. The molecule has 160 valence electrons. The monoisotopic (exact) mass is 497 g/mol. The molecule has 0 bridgehead atoms. The van der Waals surface area contributed by atoms with Gasteiger partial charge in [-0.3, -0.25) is 14.7 Å². The van der Waals surface area contributed by atoms with Crippen LogP contribution in [-0.4, -0.2) is 98.7 Å². The van der Waals surface area contributed by atoms with Gasteiger partial charge in [0, 0.05) is 46.3 Å². The first-order chi connectivity index (χ1) is 12.4. The van der Waals surface area contributed by atoms with E-state index >= 15 is 0 Å². The molecule has 0 saturated carbocycles. The average Bonchev–Trinajstić information content (AvgIpc) is 2.59. The molecule has 0 aromatic heterocycles. The quantitative estimate of drug-likeness (QED) is 0.299. The number of rotatable bonds is 9. The molecule has 27 heavy (non-hydrogen) atoms. The van der Waals surface area contributed by atoms with Crippen LogP contribution in [0.5, 0.6) is 0 Å². The first kappa shape index (κ1) is 26.4. The van der Waals surface area contributed by atoms with Crippen molar-refractivity contribution in [1.82, 2.24) is 20.0 Å². The summed E-state index contributed by atoms with van der Waals surface area (Å²) in [5, 5.41) is 3.28. The van der Waals surface area contributed by atoms with Crippen LogP contribution in [0.2, 0.25) is 0 Å². The lowest BCUT2D eigenvalue weighted by Crippen LogP contribution is -2.47. The predicted molar refractivity (Wildman–Crippen MR) is 123 cm³/mol. The summed E-state index contributed by atoms with van der Waals surface area (Å²) in [6.45, 7) is 17.5. The van der Waals surface area contributed by atoms with Crippen molar-refractivity contribution < 1.29 is 9.53 Å². The van der Waals surface area contributed by atoms with E-state index in [-0.39, 0.29) is 36.0 Å². The number of guanidine groups is 1. The molecule has 1 amide bonds. The van der Waals surface area contributed by atoms with Crippen molar-refractivity contribution in [2.75, 3.05) is 66.0 Å². The third-order valence-electron chi connectivity index (χ3n) is 4.48. The van der Waals surface area contributed by atoms with Crippen molar-refractivity contribution >= 4 is 35.8 Å². The van der Waals surface area contributed by atoms with E-state index < -0.39 is 0 Å². The van der Waals surface area contributed by atoms with Crippen molar-refractivity contribution in [3.63, 3.8) is 0 Å². The standard InChI is InChI=1S/C19H39N5O2.HI/c1-7-20-19(22(6)15-18(25)24(8-2)9-3)21-12-17-14-23(10-11-26-17)13-16(4)5;/h16-17H,7-15H2,1-6H3,(H,20,21);1H. The summed E-state index contributed by atoms with van der Waals surface area (Å²) in [5.41, 5.74) is 0. The zero-order valence-corrected chi connectivity index (χ0v) is 20.4. The van der Waals surface area contributed by atoms with Crippen LogP contribution in [0.3, 0.4) is 0 Å². The van der Waals surface area contributed by atoms with Gasteiger partial charge in [0.05, 0.1) is 25.8 Å². The van der Waals surface area contributed by atoms with Crippen LogP contribution < -0.4 is 5.32 Å². The third-order valence-corrected chi connectivity index (χ3v) is 4.48. The van der Waals surface area contributed by atoms with E-state index in [0.717, 1.165) is 51.8 Å².